The molecule has 0 unspecified atom stereocenters. The Labute approximate surface area is 90.2 Å². The molecule has 1 nitrogen and oxygen atoms in total. The molecular formula is C7H3Cl3OS. The van der Waals surface area contributed by atoms with Gasteiger partial charge in [0.1, 0.15) is 5.75 Å². The summed E-state index contributed by atoms with van der Waals surface area (Å²) in [5, 5.41) is 0.867. The fraction of sp³-hybridized carbons (Fsp3) is 0. The number of hydrogen-bond donors (Lipinski definition) is 0. The number of halogens is 3. The van der Waals surface area contributed by atoms with Crippen LogP contribution in [0.15, 0.2) is 18.2 Å². The van der Waals surface area contributed by atoms with E-state index in [9.17, 15) is 0 Å². The second-order valence-electron chi connectivity index (χ2n) is 1.92. The molecule has 0 bridgehead atoms. The van der Waals surface area contributed by atoms with Crippen LogP contribution >= 0.6 is 47.0 Å². The van der Waals surface area contributed by atoms with Crippen molar-refractivity contribution in [1.29, 1.82) is 0 Å². The monoisotopic (exact) mass is 240 g/mol. The molecule has 0 N–H and O–H groups in total. The van der Waals surface area contributed by atoms with Gasteiger partial charge in [0.05, 0.1) is 10.0 Å². The van der Waals surface area contributed by atoms with E-state index in [2.05, 4.69) is 12.2 Å². The molecule has 0 aliphatic carbocycles. The normalized spacial score (nSPS) is 9.58. The molecule has 0 amide bonds. The first-order valence-corrected chi connectivity index (χ1v) is 4.46. The highest BCUT2D eigenvalue weighted by Gasteiger charge is 2.01. The van der Waals surface area contributed by atoms with Crippen molar-refractivity contribution in [2.75, 3.05) is 0 Å². The predicted octanol–water partition coefficient (Wildman–Crippen LogP) is 3.90. The highest BCUT2D eigenvalue weighted by molar-refractivity contribution is 7.82. The lowest BCUT2D eigenvalue weighted by Crippen LogP contribution is -1.94. The Morgan fingerprint density at radius 2 is 1.92 bits per heavy atom. The molecule has 0 aromatic heterocycles. The molecule has 0 atom stereocenters. The summed E-state index contributed by atoms with van der Waals surface area (Å²) < 4.78 is 4.83. The Morgan fingerprint density at radius 3 is 2.42 bits per heavy atom. The number of benzene rings is 1. The van der Waals surface area contributed by atoms with E-state index in [-0.39, 0.29) is 4.51 Å². The maximum absolute atomic E-state index is 5.70. The van der Waals surface area contributed by atoms with Crippen molar-refractivity contribution in [2.45, 2.75) is 0 Å². The van der Waals surface area contributed by atoms with E-state index in [0.717, 1.165) is 0 Å². The average Bonchev–Trinajstić information content (AvgIpc) is 1.96. The molecule has 1 aromatic carbocycles. The molecule has 0 aliphatic rings. The quantitative estimate of drug-likeness (QED) is 0.545. The van der Waals surface area contributed by atoms with Crippen LogP contribution in [0.5, 0.6) is 5.75 Å². The predicted molar refractivity (Wildman–Crippen MR) is 55.5 cm³/mol. The summed E-state index contributed by atoms with van der Waals surface area (Å²) in [6.07, 6.45) is 0. The molecule has 1 aromatic rings. The van der Waals surface area contributed by atoms with Gasteiger partial charge in [-0.05, 0) is 36.0 Å². The van der Waals surface area contributed by atoms with Crippen molar-refractivity contribution >= 4 is 51.5 Å². The Hall–Kier alpha value is -0.0200. The van der Waals surface area contributed by atoms with Gasteiger partial charge >= 0.3 is 0 Å². The summed E-state index contributed by atoms with van der Waals surface area (Å²) >= 11 is 21.2. The Morgan fingerprint density at radius 1 is 1.25 bits per heavy atom. The van der Waals surface area contributed by atoms with Crippen LogP contribution in [0, 0.1) is 0 Å². The summed E-state index contributed by atoms with van der Waals surface area (Å²) in [7, 11) is 0. The fourth-order valence-corrected chi connectivity index (χ4v) is 1.11. The maximum Gasteiger partial charge on any atom is 0.260 e. The first kappa shape index (κ1) is 10.1. The number of ether oxygens (including phenoxy) is 1. The standard InChI is InChI=1S/C7H3Cl3OS/c8-5-2-1-4(3-6(5)9)11-7(10)12/h1-3H. The van der Waals surface area contributed by atoms with Crippen molar-refractivity contribution in [1.82, 2.24) is 0 Å². The van der Waals surface area contributed by atoms with Crippen LogP contribution in [0.4, 0.5) is 0 Å². The summed E-state index contributed by atoms with van der Waals surface area (Å²) in [5.41, 5.74) is 0. The Balaban J connectivity index is 2.89. The van der Waals surface area contributed by atoms with Gasteiger partial charge in [0, 0.05) is 6.07 Å². The number of thiocarbonyl (C=S) groups is 1. The highest BCUT2D eigenvalue weighted by atomic mass is 35.5. The lowest BCUT2D eigenvalue weighted by atomic mass is 10.3. The second kappa shape index (κ2) is 4.28. The number of hydrogen-bond acceptors (Lipinski definition) is 2. The van der Waals surface area contributed by atoms with Crippen molar-refractivity contribution in [3.05, 3.63) is 28.2 Å². The third-order valence-corrected chi connectivity index (χ3v) is 1.99. The fourth-order valence-electron chi connectivity index (χ4n) is 0.633. The molecule has 0 saturated carbocycles. The topological polar surface area (TPSA) is 9.23 Å². The molecule has 5 heteroatoms. The van der Waals surface area contributed by atoms with E-state index in [1.54, 1.807) is 18.2 Å². The van der Waals surface area contributed by atoms with Crippen molar-refractivity contribution in [3.63, 3.8) is 0 Å². The summed E-state index contributed by atoms with van der Waals surface area (Å²) in [5.74, 6) is 0.476. The van der Waals surface area contributed by atoms with Gasteiger partial charge in [0.15, 0.2) is 0 Å². The highest BCUT2D eigenvalue weighted by Crippen LogP contribution is 2.26. The molecule has 0 spiro atoms. The smallest absolute Gasteiger partial charge is 0.260 e. The van der Waals surface area contributed by atoms with Gasteiger partial charge < -0.3 is 4.74 Å². The Kier molecular flexibility index (Phi) is 3.59. The van der Waals surface area contributed by atoms with Gasteiger partial charge in [-0.1, -0.05) is 23.2 Å². The largest absolute Gasteiger partial charge is 0.436 e. The second-order valence-corrected chi connectivity index (χ2v) is 3.67. The first-order chi connectivity index (χ1) is 5.59. The minimum Gasteiger partial charge on any atom is -0.436 e. The van der Waals surface area contributed by atoms with E-state index < -0.39 is 0 Å². The van der Waals surface area contributed by atoms with Crippen LogP contribution in [0.1, 0.15) is 0 Å². The van der Waals surface area contributed by atoms with Crippen molar-refractivity contribution in [2.24, 2.45) is 0 Å². The van der Waals surface area contributed by atoms with E-state index >= 15 is 0 Å². The van der Waals surface area contributed by atoms with Crippen molar-refractivity contribution in [3.8, 4) is 5.75 Å². The number of rotatable bonds is 1. The van der Waals surface area contributed by atoms with Crippen LogP contribution in [0.2, 0.25) is 10.0 Å². The van der Waals surface area contributed by atoms with Gasteiger partial charge in [0.25, 0.3) is 4.51 Å². The first-order valence-electron chi connectivity index (χ1n) is 2.92. The van der Waals surface area contributed by atoms with Crippen LogP contribution in [-0.2, 0) is 0 Å². The maximum atomic E-state index is 5.70. The molecule has 0 fully saturated rings. The van der Waals surface area contributed by atoms with Gasteiger partial charge in [-0.15, -0.1) is 0 Å². The van der Waals surface area contributed by atoms with Crippen LogP contribution in [-0.4, -0.2) is 4.51 Å². The summed E-state index contributed by atoms with van der Waals surface area (Å²) in [4.78, 5) is 0. The lowest BCUT2D eigenvalue weighted by Gasteiger charge is -2.01. The molecule has 64 valence electrons. The zero-order valence-corrected chi connectivity index (χ0v) is 8.77. The van der Waals surface area contributed by atoms with Crippen LogP contribution < -0.4 is 4.74 Å². The van der Waals surface area contributed by atoms with E-state index in [4.69, 9.17) is 39.5 Å². The van der Waals surface area contributed by atoms with Gasteiger partial charge in [-0.2, -0.15) is 0 Å². The molecule has 12 heavy (non-hydrogen) atoms. The van der Waals surface area contributed by atoms with Crippen LogP contribution in [0.3, 0.4) is 0 Å². The van der Waals surface area contributed by atoms with E-state index in [1.807, 2.05) is 0 Å². The zero-order valence-electron chi connectivity index (χ0n) is 5.68. The van der Waals surface area contributed by atoms with E-state index in [0.29, 0.717) is 15.8 Å². The SMILES string of the molecule is S=C(Cl)Oc1ccc(Cl)c(Cl)c1. The van der Waals surface area contributed by atoms with Crippen molar-refractivity contribution < 1.29 is 4.74 Å². The molecule has 0 saturated heterocycles. The summed E-state index contributed by atoms with van der Waals surface area (Å²) in [6, 6.07) is 4.77. The zero-order chi connectivity index (χ0) is 9.14. The van der Waals surface area contributed by atoms with Crippen LogP contribution in [0.25, 0.3) is 0 Å². The third-order valence-electron chi connectivity index (χ3n) is 1.09. The molecule has 0 aliphatic heterocycles. The minimum atomic E-state index is -0.0756. The molecule has 1 rings (SSSR count). The Bertz CT molecular complexity index is 314. The third kappa shape index (κ3) is 2.79. The summed E-state index contributed by atoms with van der Waals surface area (Å²) in [6.45, 7) is 0. The van der Waals surface area contributed by atoms with Gasteiger partial charge in [-0.3, -0.25) is 0 Å². The molecule has 0 heterocycles. The van der Waals surface area contributed by atoms with Gasteiger partial charge in [0.2, 0.25) is 0 Å². The lowest BCUT2D eigenvalue weighted by molar-refractivity contribution is 0.578. The average molecular weight is 242 g/mol. The minimum absolute atomic E-state index is 0.0756. The molecular weight excluding hydrogens is 239 g/mol. The van der Waals surface area contributed by atoms with Gasteiger partial charge in [-0.25, -0.2) is 0 Å². The molecule has 0 radical (unpaired) electrons. The van der Waals surface area contributed by atoms with E-state index in [1.165, 1.54) is 0 Å².